The van der Waals surface area contributed by atoms with Gasteiger partial charge in [-0.05, 0) is 48.5 Å². The van der Waals surface area contributed by atoms with E-state index in [4.69, 9.17) is 63.7 Å². The maximum atomic E-state index is 12.8. The summed E-state index contributed by atoms with van der Waals surface area (Å²) in [5, 5.41) is 6.64. The van der Waals surface area contributed by atoms with Crippen LogP contribution in [0.15, 0.2) is 76.5 Å². The number of sulfonamides is 2. The Kier molecular flexibility index (Phi) is 14.4. The molecule has 274 valence electrons. The smallest absolute Gasteiger partial charge is 0.320 e. The summed E-state index contributed by atoms with van der Waals surface area (Å²) in [6.07, 6.45) is 0. The van der Waals surface area contributed by atoms with Gasteiger partial charge in [-0.25, -0.2) is 26.5 Å². The first-order chi connectivity index (χ1) is 23.8. The van der Waals surface area contributed by atoms with Crippen LogP contribution < -0.4 is 20.5 Å². The van der Waals surface area contributed by atoms with Crippen molar-refractivity contribution in [2.75, 3.05) is 38.4 Å². The molecule has 0 unspecified atom stereocenters. The Labute approximate surface area is 316 Å². The molecule has 0 fully saturated rings. The van der Waals surface area contributed by atoms with Crippen molar-refractivity contribution >= 4 is 107 Å². The molecule has 0 spiro atoms. The van der Waals surface area contributed by atoms with Crippen LogP contribution in [0.2, 0.25) is 10.0 Å². The van der Waals surface area contributed by atoms with Crippen LogP contribution in [0.1, 0.15) is 16.4 Å². The van der Waals surface area contributed by atoms with Gasteiger partial charge in [-0.1, -0.05) is 76.2 Å². The highest BCUT2D eigenvalue weighted by Crippen LogP contribution is 2.38. The fourth-order valence-corrected chi connectivity index (χ4v) is 6.47. The van der Waals surface area contributed by atoms with Crippen LogP contribution in [0.25, 0.3) is 5.69 Å². The van der Waals surface area contributed by atoms with Gasteiger partial charge < -0.3 is 20.5 Å². The van der Waals surface area contributed by atoms with Gasteiger partial charge in [-0.2, -0.15) is 9.44 Å². The summed E-state index contributed by atoms with van der Waals surface area (Å²) in [6.45, 7) is -1.00. The number of ether oxygens (including phenoxy) is 2. The third-order valence-corrected chi connectivity index (χ3v) is 10.1. The number of nitrogens with one attached hydrogen (secondary N) is 3. The summed E-state index contributed by atoms with van der Waals surface area (Å²) in [5.74, 6) is -2.67. The average Bonchev–Trinajstić information content (AvgIpc) is 3.56. The molecular formula is C28H26Cl5N7O9S2. The van der Waals surface area contributed by atoms with E-state index in [1.165, 1.54) is 35.0 Å². The molecule has 4 aromatic rings. The second kappa shape index (κ2) is 17.7. The van der Waals surface area contributed by atoms with E-state index in [1.807, 2.05) is 0 Å². The number of nitrogen functional groups attached to an aromatic ring is 1. The summed E-state index contributed by atoms with van der Waals surface area (Å²) in [4.78, 5) is 38.5. The Hall–Kier alpha value is -3.72. The number of nitrogens with two attached hydrogens (primary N) is 1. The lowest BCUT2D eigenvalue weighted by molar-refractivity contribution is -0.140. The highest BCUT2D eigenvalue weighted by atomic mass is 35.6. The number of carbonyl (C=O) groups is 3. The van der Waals surface area contributed by atoms with Crippen LogP contribution in [0.4, 0.5) is 11.4 Å². The molecule has 0 atom stereocenters. The SMILES string of the molecule is COC(=O)CNS(=O)(=O)c1ccc(N)c(Cl)c1.COC(=O)CNS(=O)(=O)c1ccc(NC(=O)c2nc(C(Cl)(Cl)Cl)n(-c3ccccc3)n2)c(Cl)c1. The van der Waals surface area contributed by atoms with E-state index in [2.05, 4.69) is 34.3 Å². The number of halogens is 5. The van der Waals surface area contributed by atoms with Gasteiger partial charge in [0, 0.05) is 0 Å². The molecule has 23 heteroatoms. The fourth-order valence-electron chi connectivity index (χ4n) is 3.58. The number of benzene rings is 3. The number of amides is 1. The van der Waals surface area contributed by atoms with Crippen molar-refractivity contribution in [1.29, 1.82) is 0 Å². The van der Waals surface area contributed by atoms with E-state index < -0.39 is 54.8 Å². The van der Waals surface area contributed by atoms with E-state index in [1.54, 1.807) is 30.3 Å². The standard InChI is InChI=1S/C19H15Cl4N5O5S.C9H11ClN2O4S/c1-33-15(29)10-24-34(31,32)12-7-8-14(13(20)9-12)25-17(30)16-26-18(19(21,22)23)28(27-16)11-5-3-2-4-6-11;1-16-9(13)5-12-17(14,15)6-2-3-8(11)7(10)4-6/h2-9,24H,10H2,1H3,(H,25,30);2-4,12H,5,11H2,1H3. The average molecular weight is 846 g/mol. The second-order valence-electron chi connectivity index (χ2n) is 9.58. The van der Waals surface area contributed by atoms with Crippen LogP contribution in [-0.4, -0.2) is 76.8 Å². The molecular weight excluding hydrogens is 820 g/mol. The van der Waals surface area contributed by atoms with Crippen LogP contribution in [-0.2, 0) is 42.9 Å². The van der Waals surface area contributed by atoms with Gasteiger partial charge in [0.15, 0.2) is 5.82 Å². The molecule has 0 saturated heterocycles. The van der Waals surface area contributed by atoms with Crippen molar-refractivity contribution in [2.24, 2.45) is 0 Å². The third kappa shape index (κ3) is 11.6. The number of anilines is 2. The molecule has 51 heavy (non-hydrogen) atoms. The molecule has 0 aliphatic rings. The Bertz CT molecular complexity index is 2130. The number of methoxy groups -OCH3 is 2. The van der Waals surface area contributed by atoms with Gasteiger partial charge in [0.25, 0.3) is 5.91 Å². The number of rotatable bonds is 11. The lowest BCUT2D eigenvalue weighted by Crippen LogP contribution is -2.30. The van der Waals surface area contributed by atoms with Crippen molar-refractivity contribution in [3.63, 3.8) is 0 Å². The molecule has 1 amide bonds. The maximum absolute atomic E-state index is 12.8. The minimum absolute atomic E-state index is 0.0689. The summed E-state index contributed by atoms with van der Waals surface area (Å²) in [6, 6.07) is 16.0. The molecule has 1 aromatic heterocycles. The number of carbonyl (C=O) groups excluding carboxylic acids is 3. The van der Waals surface area contributed by atoms with Crippen molar-refractivity contribution in [3.05, 3.63) is 88.4 Å². The number of hydrogen-bond acceptors (Lipinski definition) is 12. The number of nitrogens with zero attached hydrogens (tertiary/aromatic N) is 3. The van der Waals surface area contributed by atoms with Gasteiger partial charge in [-0.15, -0.1) is 5.10 Å². The van der Waals surface area contributed by atoms with E-state index in [0.717, 1.165) is 20.3 Å². The lowest BCUT2D eigenvalue weighted by Gasteiger charge is -2.11. The van der Waals surface area contributed by atoms with E-state index in [0.29, 0.717) is 5.69 Å². The topological polar surface area (TPSA) is 231 Å². The summed E-state index contributed by atoms with van der Waals surface area (Å²) >= 11 is 29.8. The predicted molar refractivity (Wildman–Crippen MR) is 190 cm³/mol. The zero-order chi connectivity index (χ0) is 38.1. The minimum Gasteiger partial charge on any atom is -0.468 e. The summed E-state index contributed by atoms with van der Waals surface area (Å²) < 4.78 is 60.1. The van der Waals surface area contributed by atoms with Crippen LogP contribution in [0, 0.1) is 0 Å². The summed E-state index contributed by atoms with van der Waals surface area (Å²) in [7, 11) is -5.56. The number of aromatic nitrogens is 3. The van der Waals surface area contributed by atoms with Gasteiger partial charge >= 0.3 is 11.9 Å². The highest BCUT2D eigenvalue weighted by molar-refractivity contribution is 7.89. The monoisotopic (exact) mass is 843 g/mol. The van der Waals surface area contributed by atoms with Crippen LogP contribution in [0.5, 0.6) is 0 Å². The molecule has 0 bridgehead atoms. The zero-order valence-corrected chi connectivity index (χ0v) is 31.5. The van der Waals surface area contributed by atoms with Crippen molar-refractivity contribution < 1.29 is 40.7 Å². The number of esters is 2. The summed E-state index contributed by atoms with van der Waals surface area (Å²) in [5.41, 5.74) is 6.31. The van der Waals surface area contributed by atoms with E-state index in [-0.39, 0.29) is 42.9 Å². The normalized spacial score (nSPS) is 11.6. The minimum atomic E-state index is -4.05. The van der Waals surface area contributed by atoms with E-state index >= 15 is 0 Å². The molecule has 5 N–H and O–H groups in total. The second-order valence-corrected chi connectivity index (χ2v) is 16.2. The van der Waals surface area contributed by atoms with Gasteiger partial charge in [0.05, 0.1) is 51.1 Å². The van der Waals surface area contributed by atoms with Crippen LogP contribution >= 0.6 is 58.0 Å². The molecule has 0 saturated carbocycles. The fraction of sp³-hybridized carbons (Fsp3) is 0.179. The van der Waals surface area contributed by atoms with E-state index in [9.17, 15) is 31.2 Å². The molecule has 4 rings (SSSR count). The molecule has 16 nitrogen and oxygen atoms in total. The molecule has 3 aromatic carbocycles. The number of alkyl halides is 3. The lowest BCUT2D eigenvalue weighted by atomic mass is 10.3. The zero-order valence-electron chi connectivity index (χ0n) is 26.1. The third-order valence-electron chi connectivity index (χ3n) is 6.11. The Morgan fingerprint density at radius 2 is 1.31 bits per heavy atom. The first-order valence-electron chi connectivity index (χ1n) is 13.7. The van der Waals surface area contributed by atoms with Gasteiger partial charge in [0.2, 0.25) is 29.7 Å². The number of para-hydroxylation sites is 1. The van der Waals surface area contributed by atoms with Crippen molar-refractivity contribution in [2.45, 2.75) is 13.6 Å². The molecule has 0 aliphatic carbocycles. The first kappa shape index (κ1) is 41.7. The molecule has 0 radical (unpaired) electrons. The van der Waals surface area contributed by atoms with Crippen molar-refractivity contribution in [3.8, 4) is 5.69 Å². The Morgan fingerprint density at radius 3 is 1.78 bits per heavy atom. The Morgan fingerprint density at radius 1 is 0.804 bits per heavy atom. The molecule has 0 aliphatic heterocycles. The highest BCUT2D eigenvalue weighted by Gasteiger charge is 2.33. The van der Waals surface area contributed by atoms with Gasteiger partial charge in [0.1, 0.15) is 13.1 Å². The van der Waals surface area contributed by atoms with Crippen molar-refractivity contribution in [1.82, 2.24) is 24.2 Å². The number of hydrogen-bond donors (Lipinski definition) is 4. The van der Waals surface area contributed by atoms with Gasteiger partial charge in [-0.3, -0.25) is 14.4 Å². The maximum Gasteiger partial charge on any atom is 0.320 e. The molecule has 1 heterocycles. The largest absolute Gasteiger partial charge is 0.468 e. The first-order valence-corrected chi connectivity index (χ1v) is 18.5. The quantitative estimate of drug-likeness (QED) is 0.0960. The van der Waals surface area contributed by atoms with Crippen LogP contribution in [0.3, 0.4) is 0 Å². The predicted octanol–water partition coefficient (Wildman–Crippen LogP) is 3.82. The Balaban J connectivity index is 0.000000347.